The van der Waals surface area contributed by atoms with Crippen LogP contribution >= 0.6 is 0 Å². The predicted octanol–water partition coefficient (Wildman–Crippen LogP) is 2.94. The number of aryl methyl sites for hydroxylation is 1. The summed E-state index contributed by atoms with van der Waals surface area (Å²) in [5, 5.41) is 0. The number of carbonyl (C=O) groups is 2. The number of hydrogen-bond donors (Lipinski definition) is 0. The van der Waals surface area contributed by atoms with Gasteiger partial charge in [-0.1, -0.05) is 25.0 Å². The van der Waals surface area contributed by atoms with Crippen molar-refractivity contribution in [1.29, 1.82) is 0 Å². The van der Waals surface area contributed by atoms with Gasteiger partial charge >= 0.3 is 0 Å². The van der Waals surface area contributed by atoms with Crippen LogP contribution in [0.2, 0.25) is 0 Å². The van der Waals surface area contributed by atoms with Crippen LogP contribution in [-0.4, -0.2) is 81.9 Å². The molecule has 2 saturated heterocycles. The van der Waals surface area contributed by atoms with E-state index in [9.17, 15) is 18.0 Å². The van der Waals surface area contributed by atoms with Gasteiger partial charge in [-0.25, -0.2) is 8.42 Å². The van der Waals surface area contributed by atoms with E-state index >= 15 is 0 Å². The van der Waals surface area contributed by atoms with Gasteiger partial charge in [-0.3, -0.25) is 14.5 Å². The summed E-state index contributed by atoms with van der Waals surface area (Å²) in [5.74, 6) is -0.108. The van der Waals surface area contributed by atoms with Crippen molar-refractivity contribution in [3.05, 3.63) is 47.5 Å². The Morgan fingerprint density at radius 3 is 2.32 bits per heavy atom. The molecular formula is C28H36N4O5S. The number of anilines is 2. The summed E-state index contributed by atoms with van der Waals surface area (Å²) >= 11 is 0. The number of carbonyl (C=O) groups excluding carboxylic acids is 2. The van der Waals surface area contributed by atoms with Crippen molar-refractivity contribution in [3.63, 3.8) is 0 Å². The highest BCUT2D eigenvalue weighted by atomic mass is 32.2. The standard InChI is InChI=1S/C28H36N4O5S/c1-21-8-7-9-24(22(21)2)29-14-16-30(17-15-29)27(33)19-32-25-18-23(10-11-26(25)37-20-28(32)34)38(35,36)31-12-5-3-4-6-13-31/h7-11,18H,3-6,12-17,19-20H2,1-2H3. The average Bonchev–Trinajstić information content (AvgIpc) is 3.22. The number of nitrogens with zero attached hydrogens (tertiary/aromatic N) is 4. The molecule has 9 nitrogen and oxygen atoms in total. The molecule has 38 heavy (non-hydrogen) atoms. The first kappa shape index (κ1) is 26.5. The van der Waals surface area contributed by atoms with Crippen LogP contribution in [0.25, 0.3) is 0 Å². The van der Waals surface area contributed by atoms with Crippen LogP contribution in [0, 0.1) is 13.8 Å². The normalized spacial score (nSPS) is 19.1. The lowest BCUT2D eigenvalue weighted by Crippen LogP contribution is -2.53. The highest BCUT2D eigenvalue weighted by molar-refractivity contribution is 7.89. The summed E-state index contributed by atoms with van der Waals surface area (Å²) in [6, 6.07) is 10.9. The fourth-order valence-corrected chi connectivity index (χ4v) is 6.99. The number of amides is 2. The van der Waals surface area contributed by atoms with Gasteiger partial charge in [0, 0.05) is 45.0 Å². The molecule has 0 radical (unpaired) electrons. The minimum atomic E-state index is -3.71. The van der Waals surface area contributed by atoms with Gasteiger partial charge in [0.25, 0.3) is 5.91 Å². The predicted molar refractivity (Wildman–Crippen MR) is 146 cm³/mol. The third-order valence-corrected chi connectivity index (χ3v) is 9.81. The third kappa shape index (κ3) is 5.24. The number of benzene rings is 2. The molecule has 0 unspecified atom stereocenters. The lowest BCUT2D eigenvalue weighted by atomic mass is 10.1. The van der Waals surface area contributed by atoms with Crippen molar-refractivity contribution in [2.24, 2.45) is 0 Å². The van der Waals surface area contributed by atoms with Crippen molar-refractivity contribution in [3.8, 4) is 5.75 Å². The Hall–Kier alpha value is -3.11. The molecule has 0 aromatic heterocycles. The first-order valence-electron chi connectivity index (χ1n) is 13.4. The molecule has 0 spiro atoms. The molecule has 2 amide bonds. The summed E-state index contributed by atoms with van der Waals surface area (Å²) in [6.45, 7) is 7.40. The molecule has 0 atom stereocenters. The number of piperazine rings is 1. The second-order valence-electron chi connectivity index (χ2n) is 10.3. The van der Waals surface area contributed by atoms with Gasteiger partial charge < -0.3 is 14.5 Å². The van der Waals surface area contributed by atoms with E-state index in [-0.39, 0.29) is 29.9 Å². The fourth-order valence-electron chi connectivity index (χ4n) is 5.46. The summed E-state index contributed by atoms with van der Waals surface area (Å²) in [4.78, 5) is 31.7. The number of hydrogen-bond acceptors (Lipinski definition) is 6. The highest BCUT2D eigenvalue weighted by Gasteiger charge is 2.33. The molecule has 10 heteroatoms. The van der Waals surface area contributed by atoms with Crippen molar-refractivity contribution in [2.45, 2.75) is 44.4 Å². The van der Waals surface area contributed by atoms with E-state index in [1.807, 2.05) is 0 Å². The van der Waals surface area contributed by atoms with Gasteiger partial charge in [0.05, 0.1) is 10.6 Å². The maximum absolute atomic E-state index is 13.4. The summed E-state index contributed by atoms with van der Waals surface area (Å²) in [7, 11) is -3.71. The molecule has 2 aromatic rings. The van der Waals surface area contributed by atoms with Crippen molar-refractivity contribution in [1.82, 2.24) is 9.21 Å². The van der Waals surface area contributed by atoms with Crippen LogP contribution < -0.4 is 14.5 Å². The van der Waals surface area contributed by atoms with E-state index in [1.54, 1.807) is 11.0 Å². The topological polar surface area (TPSA) is 90.5 Å². The van der Waals surface area contributed by atoms with E-state index in [4.69, 9.17) is 4.74 Å². The lowest BCUT2D eigenvalue weighted by Gasteiger charge is -2.38. The number of sulfonamides is 1. The van der Waals surface area contributed by atoms with Gasteiger partial charge in [0.1, 0.15) is 12.3 Å². The number of rotatable bonds is 5. The van der Waals surface area contributed by atoms with Crippen LogP contribution in [0.4, 0.5) is 11.4 Å². The second-order valence-corrected chi connectivity index (χ2v) is 12.2. The van der Waals surface area contributed by atoms with Crippen LogP contribution in [0.15, 0.2) is 41.3 Å². The van der Waals surface area contributed by atoms with Gasteiger partial charge in [0.15, 0.2) is 6.61 Å². The third-order valence-electron chi connectivity index (χ3n) is 7.92. The molecule has 2 aromatic carbocycles. The zero-order valence-electron chi connectivity index (χ0n) is 22.2. The molecule has 3 aliphatic heterocycles. The zero-order valence-corrected chi connectivity index (χ0v) is 23.0. The van der Waals surface area contributed by atoms with Crippen LogP contribution in [0.5, 0.6) is 5.75 Å². The van der Waals surface area contributed by atoms with E-state index in [0.717, 1.165) is 25.7 Å². The quantitative estimate of drug-likeness (QED) is 0.579. The number of fused-ring (bicyclic) bond motifs is 1. The fraction of sp³-hybridized carbons (Fsp3) is 0.500. The first-order valence-corrected chi connectivity index (χ1v) is 14.9. The lowest BCUT2D eigenvalue weighted by molar-refractivity contribution is -0.132. The highest BCUT2D eigenvalue weighted by Crippen LogP contribution is 2.35. The second kappa shape index (κ2) is 10.9. The SMILES string of the molecule is Cc1cccc(N2CCN(C(=O)CN3C(=O)COc4ccc(S(=O)(=O)N5CCCCCC5)cc43)CC2)c1C. The largest absolute Gasteiger partial charge is 0.482 e. The Balaban J connectivity index is 1.30. The smallest absolute Gasteiger partial charge is 0.265 e. The molecule has 0 bridgehead atoms. The maximum Gasteiger partial charge on any atom is 0.265 e. The van der Waals surface area contributed by atoms with Crippen molar-refractivity contribution >= 4 is 33.2 Å². The molecule has 204 valence electrons. The maximum atomic E-state index is 13.4. The minimum Gasteiger partial charge on any atom is -0.482 e. The van der Waals surface area contributed by atoms with Gasteiger partial charge in [-0.2, -0.15) is 4.31 Å². The Labute approximate surface area is 225 Å². The Morgan fingerprint density at radius 1 is 0.895 bits per heavy atom. The zero-order chi connectivity index (χ0) is 26.9. The first-order chi connectivity index (χ1) is 18.3. The molecular weight excluding hydrogens is 504 g/mol. The Bertz CT molecular complexity index is 1310. The summed E-state index contributed by atoms with van der Waals surface area (Å²) < 4.78 is 33.9. The van der Waals surface area contributed by atoms with E-state index in [1.165, 1.54) is 38.2 Å². The van der Waals surface area contributed by atoms with Gasteiger partial charge in [-0.15, -0.1) is 0 Å². The Kier molecular flexibility index (Phi) is 7.63. The average molecular weight is 541 g/mol. The van der Waals surface area contributed by atoms with E-state index in [0.29, 0.717) is 50.7 Å². The van der Waals surface area contributed by atoms with Crippen LogP contribution in [0.1, 0.15) is 36.8 Å². The minimum absolute atomic E-state index is 0.121. The molecule has 3 aliphatic rings. The molecule has 2 fully saturated rings. The molecule has 0 aliphatic carbocycles. The van der Waals surface area contributed by atoms with E-state index < -0.39 is 10.0 Å². The van der Waals surface area contributed by atoms with Gasteiger partial charge in [0.2, 0.25) is 15.9 Å². The van der Waals surface area contributed by atoms with Crippen molar-refractivity contribution < 1.29 is 22.7 Å². The summed E-state index contributed by atoms with van der Waals surface area (Å²) in [5.41, 5.74) is 4.00. The van der Waals surface area contributed by atoms with Crippen molar-refractivity contribution in [2.75, 3.05) is 62.2 Å². The molecule has 0 saturated carbocycles. The monoisotopic (exact) mass is 540 g/mol. The van der Waals surface area contributed by atoms with Gasteiger partial charge in [-0.05, 0) is 62.1 Å². The Morgan fingerprint density at radius 2 is 1.61 bits per heavy atom. The molecule has 0 N–H and O–H groups in total. The van der Waals surface area contributed by atoms with Crippen LogP contribution in [-0.2, 0) is 19.6 Å². The number of ether oxygens (including phenoxy) is 1. The molecule has 5 rings (SSSR count). The summed E-state index contributed by atoms with van der Waals surface area (Å²) in [6.07, 6.45) is 3.72. The molecule has 3 heterocycles. The van der Waals surface area contributed by atoms with E-state index in [2.05, 4.69) is 36.9 Å². The van der Waals surface area contributed by atoms with Crippen LogP contribution in [0.3, 0.4) is 0 Å².